The van der Waals surface area contributed by atoms with Gasteiger partial charge in [0.05, 0.1) is 6.04 Å². The van der Waals surface area contributed by atoms with Crippen molar-refractivity contribution in [3.05, 3.63) is 23.8 Å². The summed E-state index contributed by atoms with van der Waals surface area (Å²) in [6.07, 6.45) is 0.848. The van der Waals surface area contributed by atoms with Crippen molar-refractivity contribution in [2.45, 2.75) is 26.3 Å². The van der Waals surface area contributed by atoms with E-state index in [-0.39, 0.29) is 30.3 Å². The van der Waals surface area contributed by atoms with Crippen LogP contribution in [0.5, 0.6) is 11.5 Å². The highest BCUT2D eigenvalue weighted by molar-refractivity contribution is 5.85. The quantitative estimate of drug-likeness (QED) is 0.863. The van der Waals surface area contributed by atoms with Gasteiger partial charge in [0.1, 0.15) is 13.2 Å². The highest BCUT2D eigenvalue weighted by atomic mass is 35.5. The topological polar surface area (TPSA) is 59.6 Å². The molecule has 2 heterocycles. The van der Waals surface area contributed by atoms with Crippen molar-refractivity contribution >= 4 is 18.3 Å². The maximum atomic E-state index is 12.4. The summed E-state index contributed by atoms with van der Waals surface area (Å²) in [5.74, 6) is 2.19. The Balaban J connectivity index is 0.00000192. The lowest BCUT2D eigenvalue weighted by Gasteiger charge is -2.32. The molecular weight excluding hydrogens is 316 g/mol. The second-order valence-corrected chi connectivity index (χ2v) is 6.08. The van der Waals surface area contributed by atoms with Crippen LogP contribution in [0.3, 0.4) is 0 Å². The highest BCUT2D eigenvalue weighted by Gasteiger charge is 2.30. The molecule has 1 aromatic carbocycles. The molecule has 2 N–H and O–H groups in total. The van der Waals surface area contributed by atoms with Crippen molar-refractivity contribution in [3.8, 4) is 11.5 Å². The van der Waals surface area contributed by atoms with Crippen LogP contribution in [0.4, 0.5) is 0 Å². The van der Waals surface area contributed by atoms with Gasteiger partial charge in [-0.2, -0.15) is 0 Å². The van der Waals surface area contributed by atoms with Gasteiger partial charge in [0.25, 0.3) is 0 Å². The number of ether oxygens (including phenoxy) is 2. The zero-order chi connectivity index (χ0) is 15.5. The molecule has 2 aliphatic heterocycles. The average Bonchev–Trinajstić information content (AvgIpc) is 2.50. The van der Waals surface area contributed by atoms with Crippen molar-refractivity contribution in [2.75, 3.05) is 26.3 Å². The van der Waals surface area contributed by atoms with E-state index < -0.39 is 0 Å². The molecule has 0 aromatic heterocycles. The molecule has 0 aliphatic carbocycles. The molecule has 0 saturated carbocycles. The summed E-state index contributed by atoms with van der Waals surface area (Å²) < 4.78 is 11.2. The molecule has 0 spiro atoms. The van der Waals surface area contributed by atoms with Gasteiger partial charge in [-0.3, -0.25) is 4.79 Å². The van der Waals surface area contributed by atoms with Crippen molar-refractivity contribution in [2.24, 2.45) is 11.8 Å². The number of fused-ring (bicyclic) bond motifs is 1. The normalized spacial score (nSPS) is 19.0. The van der Waals surface area contributed by atoms with Crippen molar-refractivity contribution in [1.29, 1.82) is 0 Å². The van der Waals surface area contributed by atoms with Gasteiger partial charge in [-0.15, -0.1) is 12.4 Å². The zero-order valence-corrected chi connectivity index (χ0v) is 14.4. The Morgan fingerprint density at radius 2 is 2.00 bits per heavy atom. The average molecular weight is 341 g/mol. The highest BCUT2D eigenvalue weighted by Crippen LogP contribution is 2.33. The summed E-state index contributed by atoms with van der Waals surface area (Å²) in [4.78, 5) is 12.4. The van der Waals surface area contributed by atoms with Crippen LogP contribution in [0, 0.1) is 11.8 Å². The van der Waals surface area contributed by atoms with Gasteiger partial charge >= 0.3 is 0 Å². The second kappa shape index (κ2) is 7.88. The smallest absolute Gasteiger partial charge is 0.223 e. The maximum absolute atomic E-state index is 12.4. The first-order valence-corrected chi connectivity index (χ1v) is 8.09. The largest absolute Gasteiger partial charge is 0.486 e. The number of nitrogens with one attached hydrogen (secondary N) is 2. The predicted octanol–water partition coefficient (Wildman–Crippen LogP) is 2.30. The fourth-order valence-electron chi connectivity index (χ4n) is 2.88. The van der Waals surface area contributed by atoms with E-state index in [0.29, 0.717) is 19.1 Å². The minimum atomic E-state index is 0. The number of carbonyl (C=O) groups excluding carboxylic acids is 1. The van der Waals surface area contributed by atoms with Crippen LogP contribution in [0.15, 0.2) is 18.2 Å². The molecule has 2 unspecified atom stereocenters. The minimum Gasteiger partial charge on any atom is -0.486 e. The standard InChI is InChI=1S/C17H24N2O3.ClH/c1-3-14(19-17(20)11(2)13-9-18-10-13)12-4-5-15-16(8-12)22-7-6-21-15;/h4-5,8,11,13-14,18H,3,6-7,9-10H2,1-2H3,(H,19,20);1H. The molecule has 6 heteroatoms. The zero-order valence-electron chi connectivity index (χ0n) is 13.6. The fourth-order valence-corrected chi connectivity index (χ4v) is 2.88. The second-order valence-electron chi connectivity index (χ2n) is 6.08. The molecule has 1 amide bonds. The molecule has 23 heavy (non-hydrogen) atoms. The first kappa shape index (κ1) is 17.9. The van der Waals surface area contributed by atoms with Crippen LogP contribution in [-0.4, -0.2) is 32.2 Å². The molecule has 128 valence electrons. The van der Waals surface area contributed by atoms with Gasteiger partial charge in [-0.25, -0.2) is 0 Å². The SMILES string of the molecule is CCC(NC(=O)C(C)C1CNC1)c1ccc2c(c1)OCCO2.Cl. The Hall–Kier alpha value is -1.46. The minimum absolute atomic E-state index is 0. The van der Waals surface area contributed by atoms with E-state index in [0.717, 1.165) is 36.6 Å². The summed E-state index contributed by atoms with van der Waals surface area (Å²) in [6, 6.07) is 5.94. The first-order chi connectivity index (χ1) is 10.7. The Morgan fingerprint density at radius 3 is 2.61 bits per heavy atom. The summed E-state index contributed by atoms with van der Waals surface area (Å²) in [5.41, 5.74) is 1.07. The number of hydrogen-bond donors (Lipinski definition) is 2. The third-order valence-electron chi connectivity index (χ3n) is 4.63. The maximum Gasteiger partial charge on any atom is 0.223 e. The van der Waals surface area contributed by atoms with Crippen LogP contribution in [0.1, 0.15) is 31.9 Å². The molecule has 3 rings (SSSR count). The lowest BCUT2D eigenvalue weighted by molar-refractivity contribution is -0.127. The van der Waals surface area contributed by atoms with E-state index >= 15 is 0 Å². The number of halogens is 1. The van der Waals surface area contributed by atoms with Crippen LogP contribution < -0.4 is 20.1 Å². The van der Waals surface area contributed by atoms with Crippen molar-refractivity contribution in [1.82, 2.24) is 10.6 Å². The molecule has 0 bridgehead atoms. The Bertz CT molecular complexity index is 549. The fraction of sp³-hybridized carbons (Fsp3) is 0.588. The third-order valence-corrected chi connectivity index (χ3v) is 4.63. The van der Waals surface area contributed by atoms with Gasteiger partial charge < -0.3 is 20.1 Å². The van der Waals surface area contributed by atoms with Crippen LogP contribution in [0.25, 0.3) is 0 Å². The molecule has 2 atom stereocenters. The van der Waals surface area contributed by atoms with E-state index in [4.69, 9.17) is 9.47 Å². The Labute approximate surface area is 143 Å². The van der Waals surface area contributed by atoms with Crippen molar-refractivity contribution < 1.29 is 14.3 Å². The number of rotatable bonds is 5. The summed E-state index contributed by atoms with van der Waals surface area (Å²) in [6.45, 7) is 7.14. The Morgan fingerprint density at radius 1 is 1.30 bits per heavy atom. The van der Waals surface area contributed by atoms with E-state index in [1.54, 1.807) is 0 Å². The molecule has 1 saturated heterocycles. The van der Waals surface area contributed by atoms with Gasteiger partial charge in [0, 0.05) is 5.92 Å². The van der Waals surface area contributed by atoms with Gasteiger partial charge in [-0.05, 0) is 43.1 Å². The number of hydrogen-bond acceptors (Lipinski definition) is 4. The summed E-state index contributed by atoms with van der Waals surface area (Å²) in [7, 11) is 0. The lowest BCUT2D eigenvalue weighted by atomic mass is 9.88. The Kier molecular flexibility index (Phi) is 6.13. The molecule has 1 aromatic rings. The first-order valence-electron chi connectivity index (χ1n) is 8.09. The molecule has 0 radical (unpaired) electrons. The molecule has 5 nitrogen and oxygen atoms in total. The van der Waals surface area contributed by atoms with Gasteiger partial charge in [0.2, 0.25) is 5.91 Å². The van der Waals surface area contributed by atoms with Gasteiger partial charge in [0.15, 0.2) is 11.5 Å². The van der Waals surface area contributed by atoms with Crippen molar-refractivity contribution in [3.63, 3.8) is 0 Å². The summed E-state index contributed by atoms with van der Waals surface area (Å²) in [5, 5.41) is 6.40. The summed E-state index contributed by atoms with van der Waals surface area (Å²) >= 11 is 0. The monoisotopic (exact) mass is 340 g/mol. The van der Waals surface area contributed by atoms with E-state index in [1.807, 2.05) is 25.1 Å². The molecule has 1 fully saturated rings. The third kappa shape index (κ3) is 3.90. The predicted molar refractivity (Wildman–Crippen MR) is 91.4 cm³/mol. The van der Waals surface area contributed by atoms with Crippen LogP contribution >= 0.6 is 12.4 Å². The lowest BCUT2D eigenvalue weighted by Crippen LogP contribution is -2.50. The van der Waals surface area contributed by atoms with Crippen LogP contribution in [0.2, 0.25) is 0 Å². The number of amides is 1. The van der Waals surface area contributed by atoms with Gasteiger partial charge in [-0.1, -0.05) is 19.9 Å². The molecule has 2 aliphatic rings. The number of benzene rings is 1. The number of carbonyl (C=O) groups is 1. The van der Waals surface area contributed by atoms with Crippen LogP contribution in [-0.2, 0) is 4.79 Å². The molecular formula is C17H25ClN2O3. The van der Waals surface area contributed by atoms with E-state index in [9.17, 15) is 4.79 Å². The van der Waals surface area contributed by atoms with E-state index in [1.165, 1.54) is 0 Å². The van der Waals surface area contributed by atoms with E-state index in [2.05, 4.69) is 17.6 Å².